The van der Waals surface area contributed by atoms with Crippen LogP contribution in [0.5, 0.6) is 0 Å². The van der Waals surface area contributed by atoms with Crippen molar-refractivity contribution in [3.8, 4) is 0 Å². The third-order valence-electron chi connectivity index (χ3n) is 4.14. The topological polar surface area (TPSA) is 24.9 Å². The Balaban J connectivity index is 1.78. The normalized spacial score (nSPS) is 17.5. The van der Waals surface area contributed by atoms with Crippen LogP contribution >= 0.6 is 0 Å². The van der Waals surface area contributed by atoms with Crippen molar-refractivity contribution in [1.29, 1.82) is 0 Å². The molecule has 98 valence electrons. The zero-order valence-corrected chi connectivity index (χ0v) is 11.2. The lowest BCUT2D eigenvalue weighted by Gasteiger charge is -2.28. The fraction of sp³-hybridized carbons (Fsp3) is 0.167. The highest BCUT2D eigenvalue weighted by atomic mass is 14.9. The van der Waals surface area contributed by atoms with Crippen LogP contribution in [-0.4, -0.2) is 4.98 Å². The van der Waals surface area contributed by atoms with Crippen molar-refractivity contribution >= 4 is 16.5 Å². The average Bonchev–Trinajstić information content (AvgIpc) is 2.54. The van der Waals surface area contributed by atoms with E-state index in [9.17, 15) is 0 Å². The van der Waals surface area contributed by atoms with Crippen molar-refractivity contribution in [3.05, 3.63) is 72.1 Å². The first-order valence-corrected chi connectivity index (χ1v) is 7.09. The van der Waals surface area contributed by atoms with Crippen LogP contribution in [0.25, 0.3) is 10.8 Å². The van der Waals surface area contributed by atoms with Gasteiger partial charge in [-0.1, -0.05) is 36.4 Å². The summed E-state index contributed by atoms with van der Waals surface area (Å²) in [6.45, 7) is 0. The number of para-hydroxylation sites is 1. The van der Waals surface area contributed by atoms with Crippen molar-refractivity contribution in [1.82, 2.24) is 4.98 Å². The molecule has 20 heavy (non-hydrogen) atoms. The number of nitrogens with zero attached hydrogens (tertiary/aromatic N) is 1. The summed E-state index contributed by atoms with van der Waals surface area (Å²) in [6.07, 6.45) is 6.10. The number of benzene rings is 2. The van der Waals surface area contributed by atoms with Crippen molar-refractivity contribution in [3.63, 3.8) is 0 Å². The molecule has 0 spiro atoms. The number of anilines is 1. The van der Waals surface area contributed by atoms with Crippen LogP contribution < -0.4 is 5.32 Å². The Labute approximate surface area is 118 Å². The van der Waals surface area contributed by atoms with Crippen LogP contribution in [0.2, 0.25) is 0 Å². The molecule has 1 aliphatic rings. The van der Waals surface area contributed by atoms with Gasteiger partial charge in [0.2, 0.25) is 0 Å². The molecule has 1 aliphatic heterocycles. The molecule has 4 rings (SSSR count). The predicted molar refractivity (Wildman–Crippen MR) is 82.9 cm³/mol. The number of pyridine rings is 1. The highest BCUT2D eigenvalue weighted by Gasteiger charge is 2.20. The molecule has 0 bridgehead atoms. The van der Waals surface area contributed by atoms with Gasteiger partial charge in [-0.05, 0) is 41.5 Å². The number of fused-ring (bicyclic) bond motifs is 2. The fourth-order valence-corrected chi connectivity index (χ4v) is 3.11. The van der Waals surface area contributed by atoms with Crippen LogP contribution in [0.15, 0.2) is 60.9 Å². The fourth-order valence-electron chi connectivity index (χ4n) is 3.11. The van der Waals surface area contributed by atoms with Gasteiger partial charge >= 0.3 is 0 Å². The Morgan fingerprint density at radius 1 is 1.00 bits per heavy atom. The van der Waals surface area contributed by atoms with E-state index in [1.807, 2.05) is 12.4 Å². The number of nitrogens with one attached hydrogen (secondary N) is 1. The average molecular weight is 260 g/mol. The summed E-state index contributed by atoms with van der Waals surface area (Å²) in [7, 11) is 0. The van der Waals surface area contributed by atoms with Gasteiger partial charge in [0.05, 0.1) is 6.04 Å². The van der Waals surface area contributed by atoms with Gasteiger partial charge in [0.15, 0.2) is 0 Å². The molecule has 0 saturated heterocycles. The molecule has 2 heterocycles. The minimum Gasteiger partial charge on any atom is -0.378 e. The molecular formula is C18H16N2. The third-order valence-corrected chi connectivity index (χ3v) is 4.14. The first-order valence-electron chi connectivity index (χ1n) is 7.09. The Morgan fingerprint density at radius 2 is 1.95 bits per heavy atom. The maximum absolute atomic E-state index is 4.28. The lowest BCUT2D eigenvalue weighted by atomic mass is 9.91. The molecule has 2 nitrogen and oxygen atoms in total. The largest absolute Gasteiger partial charge is 0.378 e. The van der Waals surface area contributed by atoms with Gasteiger partial charge in [-0.25, -0.2) is 0 Å². The maximum atomic E-state index is 4.28. The summed E-state index contributed by atoms with van der Waals surface area (Å²) in [4.78, 5) is 4.28. The minimum atomic E-state index is 0.373. The molecule has 0 saturated carbocycles. The lowest BCUT2D eigenvalue weighted by molar-refractivity contribution is 0.672. The second-order valence-electron chi connectivity index (χ2n) is 5.34. The number of hydrogen-bond acceptors (Lipinski definition) is 2. The standard InChI is InChI=1S/C18H16N2/c1-2-7-17-14(4-1)8-9-18(20-17)15-6-3-5-13-10-11-19-12-16(13)15/h1-7,10-12,18,20H,8-9H2. The van der Waals surface area contributed by atoms with Crippen LogP contribution in [-0.2, 0) is 6.42 Å². The van der Waals surface area contributed by atoms with Gasteiger partial charge in [-0.15, -0.1) is 0 Å². The Hall–Kier alpha value is -2.35. The smallest absolute Gasteiger partial charge is 0.0523 e. The van der Waals surface area contributed by atoms with E-state index in [-0.39, 0.29) is 0 Å². The third kappa shape index (κ3) is 1.85. The van der Waals surface area contributed by atoms with E-state index in [1.54, 1.807) is 0 Å². The predicted octanol–water partition coefficient (Wildman–Crippen LogP) is 4.33. The van der Waals surface area contributed by atoms with E-state index >= 15 is 0 Å². The van der Waals surface area contributed by atoms with Gasteiger partial charge in [0.1, 0.15) is 0 Å². The van der Waals surface area contributed by atoms with Crippen LogP contribution in [0.1, 0.15) is 23.6 Å². The second-order valence-corrected chi connectivity index (χ2v) is 5.34. The highest BCUT2D eigenvalue weighted by molar-refractivity contribution is 5.85. The lowest BCUT2D eigenvalue weighted by Crippen LogP contribution is -2.18. The summed E-state index contributed by atoms with van der Waals surface area (Å²) >= 11 is 0. The molecule has 3 aromatic rings. The summed E-state index contributed by atoms with van der Waals surface area (Å²) in [5.41, 5.74) is 4.04. The molecule has 0 radical (unpaired) electrons. The van der Waals surface area contributed by atoms with Crippen molar-refractivity contribution in [2.75, 3.05) is 5.32 Å². The van der Waals surface area contributed by atoms with E-state index < -0.39 is 0 Å². The molecule has 0 fully saturated rings. The molecule has 0 aliphatic carbocycles. The number of hydrogen-bond donors (Lipinski definition) is 1. The molecule has 1 aromatic heterocycles. The van der Waals surface area contributed by atoms with Gasteiger partial charge in [-0.3, -0.25) is 4.98 Å². The van der Waals surface area contributed by atoms with Gasteiger partial charge in [0.25, 0.3) is 0 Å². The number of rotatable bonds is 1. The van der Waals surface area contributed by atoms with Crippen molar-refractivity contribution in [2.24, 2.45) is 0 Å². The summed E-state index contributed by atoms with van der Waals surface area (Å²) < 4.78 is 0. The molecule has 0 amide bonds. The molecule has 2 heteroatoms. The summed E-state index contributed by atoms with van der Waals surface area (Å²) in [5.74, 6) is 0. The molecule has 2 aromatic carbocycles. The Bertz CT molecular complexity index is 759. The molecular weight excluding hydrogens is 244 g/mol. The van der Waals surface area contributed by atoms with Gasteiger partial charge < -0.3 is 5.32 Å². The zero-order valence-electron chi connectivity index (χ0n) is 11.2. The van der Waals surface area contributed by atoms with Crippen molar-refractivity contribution in [2.45, 2.75) is 18.9 Å². The van der Waals surface area contributed by atoms with E-state index in [1.165, 1.54) is 27.6 Å². The molecule has 1 unspecified atom stereocenters. The van der Waals surface area contributed by atoms with Gasteiger partial charge in [0, 0.05) is 23.5 Å². The second kappa shape index (κ2) is 4.64. The zero-order chi connectivity index (χ0) is 13.4. The number of aryl methyl sites for hydroxylation is 1. The SMILES string of the molecule is c1ccc2c(c1)CCC(c1cccc3ccncc13)N2. The van der Waals surface area contributed by atoms with E-state index in [0.717, 1.165) is 12.8 Å². The summed E-state index contributed by atoms with van der Waals surface area (Å²) in [6, 6.07) is 17.6. The first kappa shape index (κ1) is 11.5. The highest BCUT2D eigenvalue weighted by Crippen LogP contribution is 2.35. The first-order chi connectivity index (χ1) is 9.92. The monoisotopic (exact) mass is 260 g/mol. The van der Waals surface area contributed by atoms with Crippen molar-refractivity contribution < 1.29 is 0 Å². The van der Waals surface area contributed by atoms with Gasteiger partial charge in [-0.2, -0.15) is 0 Å². The van der Waals surface area contributed by atoms with E-state index in [4.69, 9.17) is 0 Å². The maximum Gasteiger partial charge on any atom is 0.0523 e. The van der Waals surface area contributed by atoms with E-state index in [2.05, 4.69) is 58.8 Å². The summed E-state index contributed by atoms with van der Waals surface area (Å²) in [5, 5.41) is 6.20. The molecule has 1 N–H and O–H groups in total. The van der Waals surface area contributed by atoms with E-state index in [0.29, 0.717) is 6.04 Å². The Morgan fingerprint density at radius 3 is 2.95 bits per heavy atom. The Kier molecular flexibility index (Phi) is 2.66. The number of aromatic nitrogens is 1. The van der Waals surface area contributed by atoms with Crippen LogP contribution in [0, 0.1) is 0 Å². The van der Waals surface area contributed by atoms with Crippen LogP contribution in [0.3, 0.4) is 0 Å². The molecule has 1 atom stereocenters. The van der Waals surface area contributed by atoms with Crippen LogP contribution in [0.4, 0.5) is 5.69 Å². The quantitative estimate of drug-likeness (QED) is 0.704. The minimum absolute atomic E-state index is 0.373.